The van der Waals surface area contributed by atoms with Crippen molar-refractivity contribution in [3.8, 4) is 0 Å². The summed E-state index contributed by atoms with van der Waals surface area (Å²) in [5.41, 5.74) is 3.13. The summed E-state index contributed by atoms with van der Waals surface area (Å²) >= 11 is 0. The number of nitrogens with one attached hydrogen (secondary N) is 1. The molecule has 0 radical (unpaired) electrons. The number of hydrogen-bond acceptors (Lipinski definition) is 4. The van der Waals surface area contributed by atoms with E-state index in [0.717, 1.165) is 32.5 Å². The summed E-state index contributed by atoms with van der Waals surface area (Å²) in [5.74, 6) is 0.458. The van der Waals surface area contributed by atoms with Crippen LogP contribution in [0.5, 0.6) is 0 Å². The first-order valence-corrected chi connectivity index (χ1v) is 12.5. The lowest BCUT2D eigenvalue weighted by Gasteiger charge is -2.35. The maximum Gasteiger partial charge on any atom is 0.220 e. The van der Waals surface area contributed by atoms with E-state index in [2.05, 4.69) is 41.4 Å². The van der Waals surface area contributed by atoms with E-state index < -0.39 is 9.84 Å². The van der Waals surface area contributed by atoms with Crippen LogP contribution in [0.3, 0.4) is 0 Å². The number of nitrogens with zero attached hydrogens (tertiary/aromatic N) is 1. The van der Waals surface area contributed by atoms with Crippen LogP contribution in [0.1, 0.15) is 49.7 Å². The predicted molar refractivity (Wildman–Crippen MR) is 111 cm³/mol. The van der Waals surface area contributed by atoms with Gasteiger partial charge in [0.2, 0.25) is 5.91 Å². The lowest BCUT2D eigenvalue weighted by molar-refractivity contribution is -0.122. The summed E-state index contributed by atoms with van der Waals surface area (Å²) in [4.78, 5) is 14.8. The molecule has 1 atom stereocenters. The molecule has 0 bridgehead atoms. The fraction of sp³-hybridized carbons (Fsp3) is 0.682. The molecule has 1 N–H and O–H groups in total. The fourth-order valence-corrected chi connectivity index (χ4v) is 6.70. The van der Waals surface area contributed by atoms with Gasteiger partial charge in [0.05, 0.1) is 11.5 Å². The SMILES string of the molecule is Cc1ccc(C2(CN3CCC(NC(=O)C[C@H]4CCS(=O)(=O)C4)CC3)CC2)cc1. The molecule has 1 aromatic rings. The number of likely N-dealkylation sites (tertiary alicyclic amines) is 1. The zero-order valence-corrected chi connectivity index (χ0v) is 17.6. The van der Waals surface area contributed by atoms with E-state index in [-0.39, 0.29) is 29.4 Å². The van der Waals surface area contributed by atoms with Crippen molar-refractivity contribution in [1.82, 2.24) is 10.2 Å². The molecule has 2 aliphatic heterocycles. The normalized spacial score (nSPS) is 26.8. The third kappa shape index (κ3) is 4.77. The highest BCUT2D eigenvalue weighted by Crippen LogP contribution is 2.49. The summed E-state index contributed by atoms with van der Waals surface area (Å²) in [6.07, 6.45) is 5.51. The van der Waals surface area contributed by atoms with Crippen LogP contribution in [0, 0.1) is 12.8 Å². The molecular formula is C22H32N2O3S. The molecule has 1 saturated carbocycles. The van der Waals surface area contributed by atoms with E-state index in [1.54, 1.807) is 0 Å². The molecule has 28 heavy (non-hydrogen) atoms. The smallest absolute Gasteiger partial charge is 0.220 e. The first-order chi connectivity index (χ1) is 13.3. The number of aryl methyl sites for hydroxylation is 1. The Morgan fingerprint density at radius 1 is 1.14 bits per heavy atom. The minimum absolute atomic E-state index is 0.00863. The Bertz CT molecular complexity index is 807. The van der Waals surface area contributed by atoms with Gasteiger partial charge in [-0.05, 0) is 50.5 Å². The van der Waals surface area contributed by atoms with E-state index in [4.69, 9.17) is 0 Å². The van der Waals surface area contributed by atoms with E-state index in [0.29, 0.717) is 18.3 Å². The molecule has 2 saturated heterocycles. The second kappa shape index (κ2) is 7.79. The first-order valence-electron chi connectivity index (χ1n) is 10.6. The number of hydrogen-bond donors (Lipinski definition) is 1. The van der Waals surface area contributed by atoms with Crippen molar-refractivity contribution in [2.45, 2.75) is 56.9 Å². The molecule has 6 heteroatoms. The van der Waals surface area contributed by atoms with E-state index >= 15 is 0 Å². The molecule has 1 aliphatic carbocycles. The van der Waals surface area contributed by atoms with Crippen LogP contribution in [0.4, 0.5) is 0 Å². The van der Waals surface area contributed by atoms with Crippen molar-refractivity contribution in [2.75, 3.05) is 31.1 Å². The molecule has 5 nitrogen and oxygen atoms in total. The number of sulfone groups is 1. The van der Waals surface area contributed by atoms with Gasteiger partial charge in [-0.15, -0.1) is 0 Å². The number of piperidine rings is 1. The Morgan fingerprint density at radius 2 is 1.82 bits per heavy atom. The van der Waals surface area contributed by atoms with Gasteiger partial charge in [-0.2, -0.15) is 0 Å². The van der Waals surface area contributed by atoms with Crippen LogP contribution in [0.15, 0.2) is 24.3 Å². The van der Waals surface area contributed by atoms with Crippen molar-refractivity contribution in [2.24, 2.45) is 5.92 Å². The van der Waals surface area contributed by atoms with Crippen LogP contribution >= 0.6 is 0 Å². The van der Waals surface area contributed by atoms with Gasteiger partial charge in [0.25, 0.3) is 0 Å². The highest BCUT2D eigenvalue weighted by atomic mass is 32.2. The van der Waals surface area contributed by atoms with Gasteiger partial charge in [-0.1, -0.05) is 29.8 Å². The first kappa shape index (κ1) is 19.9. The highest BCUT2D eigenvalue weighted by molar-refractivity contribution is 7.91. The molecule has 0 unspecified atom stereocenters. The van der Waals surface area contributed by atoms with Crippen LogP contribution in [-0.4, -0.2) is 56.4 Å². The number of benzene rings is 1. The number of carbonyl (C=O) groups is 1. The molecule has 0 aromatic heterocycles. The maximum absolute atomic E-state index is 12.3. The third-order valence-corrected chi connectivity index (χ3v) is 8.63. The predicted octanol–water partition coefficient (Wildman–Crippen LogP) is 2.43. The zero-order valence-electron chi connectivity index (χ0n) is 16.8. The summed E-state index contributed by atoms with van der Waals surface area (Å²) in [6, 6.07) is 9.24. The number of rotatable bonds is 6. The largest absolute Gasteiger partial charge is 0.353 e. The molecule has 3 fully saturated rings. The van der Waals surface area contributed by atoms with Crippen molar-refractivity contribution >= 4 is 15.7 Å². The molecule has 1 amide bonds. The highest BCUT2D eigenvalue weighted by Gasteiger charge is 2.45. The van der Waals surface area contributed by atoms with Crippen molar-refractivity contribution < 1.29 is 13.2 Å². The topological polar surface area (TPSA) is 66.5 Å². The lowest BCUT2D eigenvalue weighted by Crippen LogP contribution is -2.46. The molecule has 4 rings (SSSR count). The minimum Gasteiger partial charge on any atom is -0.353 e. The van der Waals surface area contributed by atoms with Gasteiger partial charge in [0.1, 0.15) is 0 Å². The molecular weight excluding hydrogens is 372 g/mol. The van der Waals surface area contributed by atoms with Crippen LogP contribution < -0.4 is 5.32 Å². The Balaban J connectivity index is 1.22. The minimum atomic E-state index is -2.91. The summed E-state index contributed by atoms with van der Waals surface area (Å²) in [5, 5.41) is 3.15. The molecule has 1 aromatic carbocycles. The van der Waals surface area contributed by atoms with Crippen LogP contribution in [0.25, 0.3) is 0 Å². The molecule has 154 valence electrons. The molecule has 2 heterocycles. The standard InChI is InChI=1S/C22H32N2O3S/c1-17-2-4-19(5-3-17)22(9-10-22)16-24-11-6-20(7-12-24)23-21(25)14-18-8-13-28(26,27)15-18/h2-5,18,20H,6-16H2,1H3,(H,23,25)/t18-/m1/s1. The van der Waals surface area contributed by atoms with Gasteiger partial charge >= 0.3 is 0 Å². The molecule has 0 spiro atoms. The van der Waals surface area contributed by atoms with E-state index in [1.165, 1.54) is 24.0 Å². The summed E-state index contributed by atoms with van der Waals surface area (Å²) in [7, 11) is -2.91. The van der Waals surface area contributed by atoms with Gasteiger partial charge < -0.3 is 10.2 Å². The Morgan fingerprint density at radius 3 is 2.39 bits per heavy atom. The molecule has 3 aliphatic rings. The van der Waals surface area contributed by atoms with Crippen molar-refractivity contribution in [3.05, 3.63) is 35.4 Å². The monoisotopic (exact) mass is 404 g/mol. The van der Waals surface area contributed by atoms with E-state index in [1.807, 2.05) is 0 Å². The Hall–Kier alpha value is -1.40. The Kier molecular flexibility index (Phi) is 5.53. The second-order valence-electron chi connectivity index (χ2n) is 9.24. The lowest BCUT2D eigenvalue weighted by atomic mass is 9.93. The summed E-state index contributed by atoms with van der Waals surface area (Å²) < 4.78 is 23.1. The zero-order chi connectivity index (χ0) is 19.8. The van der Waals surface area contributed by atoms with Crippen LogP contribution in [-0.2, 0) is 20.0 Å². The number of carbonyl (C=O) groups excluding carboxylic acids is 1. The van der Waals surface area contributed by atoms with Gasteiger partial charge in [0, 0.05) is 37.5 Å². The Labute approximate surface area is 168 Å². The quantitative estimate of drug-likeness (QED) is 0.791. The second-order valence-corrected chi connectivity index (χ2v) is 11.5. The van der Waals surface area contributed by atoms with Crippen molar-refractivity contribution in [1.29, 1.82) is 0 Å². The van der Waals surface area contributed by atoms with Crippen molar-refractivity contribution in [3.63, 3.8) is 0 Å². The van der Waals surface area contributed by atoms with Crippen LogP contribution in [0.2, 0.25) is 0 Å². The number of amides is 1. The summed E-state index contributed by atoms with van der Waals surface area (Å²) in [6.45, 7) is 5.30. The average Bonchev–Trinajstić information content (AvgIpc) is 3.34. The fourth-order valence-electron chi connectivity index (χ4n) is 4.84. The van der Waals surface area contributed by atoms with Gasteiger partial charge in [-0.3, -0.25) is 4.79 Å². The van der Waals surface area contributed by atoms with Gasteiger partial charge in [-0.25, -0.2) is 8.42 Å². The third-order valence-electron chi connectivity index (χ3n) is 6.80. The van der Waals surface area contributed by atoms with E-state index in [9.17, 15) is 13.2 Å². The average molecular weight is 405 g/mol. The maximum atomic E-state index is 12.3. The van der Waals surface area contributed by atoms with Gasteiger partial charge in [0.15, 0.2) is 9.84 Å².